The highest BCUT2D eigenvalue weighted by Gasteiger charge is 2.11. The number of methoxy groups -OCH3 is 1. The number of hydrogen-bond donors (Lipinski definition) is 1. The smallest absolute Gasteiger partial charge is 0.269 e. The summed E-state index contributed by atoms with van der Waals surface area (Å²) >= 11 is 0. The van der Waals surface area contributed by atoms with E-state index in [4.69, 9.17) is 4.74 Å². The molecule has 0 aliphatic heterocycles. The number of benzene rings is 3. The first-order chi connectivity index (χ1) is 13.2. The topological polar surface area (TPSA) is 64.4 Å². The van der Waals surface area contributed by atoms with E-state index in [1.165, 1.54) is 12.1 Å². The van der Waals surface area contributed by atoms with E-state index >= 15 is 0 Å². The van der Waals surface area contributed by atoms with E-state index in [0.29, 0.717) is 0 Å². The molecule has 0 amide bonds. The van der Waals surface area contributed by atoms with Crippen molar-refractivity contribution in [3.8, 4) is 17.6 Å². The standard InChI is InChI=1S/C22H18N2O3/c1-27-21-9-5-8-18(16-21)22(15-10-17-6-3-2-4-7-17)23-19-11-13-20(14-12-19)24(25)26/h2-9,11-14,16,22-23H,1H3. The summed E-state index contributed by atoms with van der Waals surface area (Å²) in [4.78, 5) is 10.4. The van der Waals surface area contributed by atoms with Gasteiger partial charge in [0.1, 0.15) is 11.8 Å². The van der Waals surface area contributed by atoms with Crippen molar-refractivity contribution in [2.45, 2.75) is 6.04 Å². The van der Waals surface area contributed by atoms with Crippen molar-refractivity contribution in [3.05, 3.63) is 100 Å². The van der Waals surface area contributed by atoms with Crippen molar-refractivity contribution in [1.29, 1.82) is 0 Å². The second-order valence-electron chi connectivity index (χ2n) is 5.79. The predicted molar refractivity (Wildman–Crippen MR) is 106 cm³/mol. The van der Waals surface area contributed by atoms with Crippen LogP contribution in [-0.2, 0) is 0 Å². The highest BCUT2D eigenvalue weighted by molar-refractivity contribution is 5.53. The molecular weight excluding hydrogens is 340 g/mol. The van der Waals surface area contributed by atoms with Gasteiger partial charge in [-0.2, -0.15) is 0 Å². The highest BCUT2D eigenvalue weighted by atomic mass is 16.6. The fourth-order valence-corrected chi connectivity index (χ4v) is 2.55. The van der Waals surface area contributed by atoms with Crippen LogP contribution in [0.15, 0.2) is 78.9 Å². The number of nitro groups is 1. The first-order valence-electron chi connectivity index (χ1n) is 8.37. The molecule has 1 atom stereocenters. The summed E-state index contributed by atoms with van der Waals surface area (Å²) < 4.78 is 5.31. The third-order valence-corrected chi connectivity index (χ3v) is 3.95. The number of nitrogens with one attached hydrogen (secondary N) is 1. The zero-order chi connectivity index (χ0) is 19.1. The fourth-order valence-electron chi connectivity index (χ4n) is 2.55. The van der Waals surface area contributed by atoms with E-state index in [-0.39, 0.29) is 11.7 Å². The Kier molecular flexibility index (Phi) is 5.70. The molecule has 0 bridgehead atoms. The van der Waals surface area contributed by atoms with Crippen LogP contribution < -0.4 is 10.1 Å². The number of hydrogen-bond acceptors (Lipinski definition) is 4. The molecule has 5 heteroatoms. The van der Waals surface area contributed by atoms with Crippen LogP contribution in [0, 0.1) is 22.0 Å². The lowest BCUT2D eigenvalue weighted by molar-refractivity contribution is -0.384. The molecule has 0 saturated carbocycles. The van der Waals surface area contributed by atoms with Crippen molar-refractivity contribution < 1.29 is 9.66 Å². The Morgan fingerprint density at radius 1 is 1.00 bits per heavy atom. The fraction of sp³-hybridized carbons (Fsp3) is 0.0909. The Hall–Kier alpha value is -3.78. The lowest BCUT2D eigenvalue weighted by Gasteiger charge is -2.16. The van der Waals surface area contributed by atoms with E-state index in [2.05, 4.69) is 17.2 Å². The molecular formula is C22H18N2O3. The molecule has 1 unspecified atom stereocenters. The zero-order valence-corrected chi connectivity index (χ0v) is 14.8. The van der Waals surface area contributed by atoms with Crippen LogP contribution in [0.5, 0.6) is 5.75 Å². The van der Waals surface area contributed by atoms with E-state index < -0.39 is 4.92 Å². The highest BCUT2D eigenvalue weighted by Crippen LogP contribution is 2.24. The molecule has 5 nitrogen and oxygen atoms in total. The quantitative estimate of drug-likeness (QED) is 0.404. The second-order valence-corrected chi connectivity index (χ2v) is 5.79. The Labute approximate surface area is 157 Å². The maximum Gasteiger partial charge on any atom is 0.269 e. The van der Waals surface area contributed by atoms with Crippen molar-refractivity contribution in [3.63, 3.8) is 0 Å². The molecule has 0 saturated heterocycles. The lowest BCUT2D eigenvalue weighted by atomic mass is 10.1. The third kappa shape index (κ3) is 4.86. The minimum absolute atomic E-state index is 0.0499. The van der Waals surface area contributed by atoms with Crippen LogP contribution >= 0.6 is 0 Å². The van der Waals surface area contributed by atoms with E-state index in [0.717, 1.165) is 22.6 Å². The van der Waals surface area contributed by atoms with E-state index in [9.17, 15) is 10.1 Å². The first kappa shape index (κ1) is 18.0. The van der Waals surface area contributed by atoms with Crippen LogP contribution in [-0.4, -0.2) is 12.0 Å². The molecule has 3 rings (SSSR count). The molecule has 0 spiro atoms. The largest absolute Gasteiger partial charge is 0.497 e. The summed E-state index contributed by atoms with van der Waals surface area (Å²) in [7, 11) is 1.62. The summed E-state index contributed by atoms with van der Waals surface area (Å²) in [5, 5.41) is 14.2. The number of nitro benzene ring substituents is 1. The minimum Gasteiger partial charge on any atom is -0.497 e. The minimum atomic E-state index is -0.418. The van der Waals surface area contributed by atoms with Gasteiger partial charge in [-0.05, 0) is 42.0 Å². The molecule has 3 aromatic rings. The number of non-ortho nitro benzene ring substituents is 1. The van der Waals surface area contributed by atoms with Gasteiger partial charge in [-0.25, -0.2) is 0 Å². The monoisotopic (exact) mass is 358 g/mol. The normalized spacial score (nSPS) is 11.0. The lowest BCUT2D eigenvalue weighted by Crippen LogP contribution is -2.09. The molecule has 0 fully saturated rings. The molecule has 0 aliphatic carbocycles. The van der Waals surface area contributed by atoms with Gasteiger partial charge in [-0.15, -0.1) is 0 Å². The SMILES string of the molecule is COc1cccc(C(C#Cc2ccccc2)Nc2ccc([N+](=O)[O-])cc2)c1. The molecule has 27 heavy (non-hydrogen) atoms. The summed E-state index contributed by atoms with van der Waals surface area (Å²) in [6.45, 7) is 0. The summed E-state index contributed by atoms with van der Waals surface area (Å²) in [5.74, 6) is 7.15. The number of rotatable bonds is 5. The maximum absolute atomic E-state index is 10.8. The van der Waals surface area contributed by atoms with Crippen molar-refractivity contribution in [2.24, 2.45) is 0 Å². The molecule has 1 N–H and O–H groups in total. The number of nitrogens with zero attached hydrogens (tertiary/aromatic N) is 1. The van der Waals surface area contributed by atoms with Gasteiger partial charge >= 0.3 is 0 Å². The summed E-state index contributed by atoms with van der Waals surface area (Å²) in [6, 6.07) is 23.4. The van der Waals surface area contributed by atoms with Crippen LogP contribution in [0.25, 0.3) is 0 Å². The van der Waals surface area contributed by atoms with Crippen LogP contribution in [0.4, 0.5) is 11.4 Å². The van der Waals surface area contributed by atoms with Crippen LogP contribution in [0.2, 0.25) is 0 Å². The molecule has 0 heterocycles. The van der Waals surface area contributed by atoms with Gasteiger partial charge in [0, 0.05) is 23.4 Å². The number of ether oxygens (including phenoxy) is 1. The zero-order valence-electron chi connectivity index (χ0n) is 14.8. The molecule has 0 radical (unpaired) electrons. The van der Waals surface area contributed by atoms with E-state index in [1.54, 1.807) is 19.2 Å². The van der Waals surface area contributed by atoms with Gasteiger partial charge in [-0.1, -0.05) is 42.2 Å². The van der Waals surface area contributed by atoms with Crippen LogP contribution in [0.3, 0.4) is 0 Å². The van der Waals surface area contributed by atoms with Crippen LogP contribution in [0.1, 0.15) is 17.2 Å². The third-order valence-electron chi connectivity index (χ3n) is 3.95. The van der Waals surface area contributed by atoms with Gasteiger partial charge in [0.2, 0.25) is 0 Å². The number of anilines is 1. The van der Waals surface area contributed by atoms with Gasteiger partial charge < -0.3 is 10.1 Å². The van der Waals surface area contributed by atoms with Gasteiger partial charge in [0.25, 0.3) is 5.69 Å². The van der Waals surface area contributed by atoms with Crippen molar-refractivity contribution in [2.75, 3.05) is 12.4 Å². The maximum atomic E-state index is 10.8. The summed E-state index contributed by atoms with van der Waals surface area (Å²) in [5.41, 5.74) is 2.65. The Balaban J connectivity index is 1.91. The average molecular weight is 358 g/mol. The van der Waals surface area contributed by atoms with E-state index in [1.807, 2.05) is 54.6 Å². The van der Waals surface area contributed by atoms with Gasteiger partial charge in [0.05, 0.1) is 12.0 Å². The Morgan fingerprint density at radius 3 is 2.41 bits per heavy atom. The van der Waals surface area contributed by atoms with Crippen molar-refractivity contribution in [1.82, 2.24) is 0 Å². The molecule has 3 aromatic carbocycles. The molecule has 134 valence electrons. The molecule has 0 aliphatic rings. The average Bonchev–Trinajstić information content (AvgIpc) is 2.72. The molecule has 0 aromatic heterocycles. The van der Waals surface area contributed by atoms with Gasteiger partial charge in [-0.3, -0.25) is 10.1 Å². The summed E-state index contributed by atoms with van der Waals surface area (Å²) in [6.07, 6.45) is 0. The van der Waals surface area contributed by atoms with Crippen molar-refractivity contribution >= 4 is 11.4 Å². The predicted octanol–water partition coefficient (Wildman–Crippen LogP) is 4.81. The second kappa shape index (κ2) is 8.54. The Bertz CT molecular complexity index is 974. The first-order valence-corrected chi connectivity index (χ1v) is 8.37. The van der Waals surface area contributed by atoms with Gasteiger partial charge in [0.15, 0.2) is 0 Å². The Morgan fingerprint density at radius 2 is 1.74 bits per heavy atom.